The molecule has 1 aliphatic rings. The van der Waals surface area contributed by atoms with Gasteiger partial charge in [0, 0.05) is 42.1 Å². The smallest absolute Gasteiger partial charge is 0.317 e. The summed E-state index contributed by atoms with van der Waals surface area (Å²) in [6.07, 6.45) is 3.28. The average molecular weight is 382 g/mol. The molecule has 138 valence electrons. The molecule has 1 fully saturated rings. The summed E-state index contributed by atoms with van der Waals surface area (Å²) < 4.78 is 32.0. The molecule has 1 saturated heterocycles. The van der Waals surface area contributed by atoms with Gasteiger partial charge in [-0.2, -0.15) is 0 Å². The fourth-order valence-corrected chi connectivity index (χ4v) is 2.99. The van der Waals surface area contributed by atoms with Crippen molar-refractivity contribution in [1.82, 2.24) is 15.2 Å². The summed E-state index contributed by atoms with van der Waals surface area (Å²) in [5.41, 5.74) is 2.38. The number of hydrogen-bond donors (Lipinski definition) is 1. The zero-order valence-electron chi connectivity index (χ0n) is 14.1. The molecular weight excluding hydrogens is 364 g/mol. The Labute approximate surface area is 154 Å². The van der Waals surface area contributed by atoms with Gasteiger partial charge in [-0.1, -0.05) is 29.8 Å². The topological polar surface area (TPSA) is 54.5 Å². The molecule has 2 aromatic rings. The summed E-state index contributed by atoms with van der Waals surface area (Å²) in [7, 11) is 1.54. The van der Waals surface area contributed by atoms with Crippen LogP contribution in [0.1, 0.15) is 5.56 Å². The van der Waals surface area contributed by atoms with Gasteiger partial charge in [0.25, 0.3) is 5.92 Å². The van der Waals surface area contributed by atoms with E-state index in [1.807, 2.05) is 18.2 Å². The van der Waals surface area contributed by atoms with E-state index in [4.69, 9.17) is 16.3 Å². The van der Waals surface area contributed by atoms with Crippen molar-refractivity contribution in [3.8, 4) is 11.1 Å². The molecule has 1 aromatic heterocycles. The molecule has 0 radical (unpaired) electrons. The van der Waals surface area contributed by atoms with Gasteiger partial charge < -0.3 is 15.0 Å². The number of alkyl halides is 2. The minimum Gasteiger partial charge on any atom is -0.373 e. The lowest BCUT2D eigenvalue weighted by Gasteiger charge is -2.24. The van der Waals surface area contributed by atoms with Gasteiger partial charge in [0.2, 0.25) is 0 Å². The number of rotatable bonds is 4. The number of pyridine rings is 1. The Bertz CT molecular complexity index is 804. The molecule has 0 bridgehead atoms. The number of hydrogen-bond acceptors (Lipinski definition) is 3. The SMILES string of the molecule is CN(Cc1ccncc1-c1ccccc1Cl)C(=O)N[C@H]1COCC1(F)F. The molecule has 3 rings (SSSR count). The standard InChI is InChI=1S/C18H18ClF2N3O2/c1-24(17(25)23-16-10-26-11-18(16,20)21)9-12-6-7-22-8-14(12)13-4-2-3-5-15(13)19/h2-8,16H,9-11H2,1H3,(H,23,25)/t16-/m0/s1. The van der Waals surface area contributed by atoms with Crippen molar-refractivity contribution < 1.29 is 18.3 Å². The summed E-state index contributed by atoms with van der Waals surface area (Å²) in [6, 6.07) is 7.17. The molecule has 0 aliphatic carbocycles. The number of halogens is 3. The number of carbonyl (C=O) groups excluding carboxylic acids is 1. The Morgan fingerprint density at radius 1 is 1.38 bits per heavy atom. The van der Waals surface area contributed by atoms with Gasteiger partial charge in [-0.3, -0.25) is 4.98 Å². The van der Waals surface area contributed by atoms with E-state index >= 15 is 0 Å². The van der Waals surface area contributed by atoms with E-state index in [0.717, 1.165) is 16.7 Å². The number of aromatic nitrogens is 1. The van der Waals surface area contributed by atoms with E-state index in [2.05, 4.69) is 10.3 Å². The van der Waals surface area contributed by atoms with Crippen LogP contribution in [0.3, 0.4) is 0 Å². The normalized spacial score (nSPS) is 18.5. The minimum atomic E-state index is -3.06. The van der Waals surface area contributed by atoms with Crippen LogP contribution in [0, 0.1) is 0 Å². The van der Waals surface area contributed by atoms with Crippen LogP contribution in [-0.4, -0.2) is 48.1 Å². The van der Waals surface area contributed by atoms with Gasteiger partial charge in [-0.15, -0.1) is 0 Å². The molecule has 1 atom stereocenters. The van der Waals surface area contributed by atoms with E-state index in [-0.39, 0.29) is 13.2 Å². The molecule has 1 aromatic carbocycles. The molecule has 1 aliphatic heterocycles. The van der Waals surface area contributed by atoms with Crippen molar-refractivity contribution in [1.29, 1.82) is 0 Å². The lowest BCUT2D eigenvalue weighted by Crippen LogP contribution is -2.50. The zero-order valence-corrected chi connectivity index (χ0v) is 14.8. The van der Waals surface area contributed by atoms with E-state index in [0.29, 0.717) is 5.02 Å². The zero-order chi connectivity index (χ0) is 18.7. The highest BCUT2D eigenvalue weighted by Crippen LogP contribution is 2.30. The van der Waals surface area contributed by atoms with Crippen molar-refractivity contribution in [2.24, 2.45) is 0 Å². The van der Waals surface area contributed by atoms with Crippen LogP contribution < -0.4 is 5.32 Å². The number of amides is 2. The first-order valence-electron chi connectivity index (χ1n) is 8.03. The largest absolute Gasteiger partial charge is 0.373 e. The van der Waals surface area contributed by atoms with Crippen LogP contribution in [0.5, 0.6) is 0 Å². The molecule has 2 heterocycles. The van der Waals surface area contributed by atoms with E-state index in [1.54, 1.807) is 31.6 Å². The van der Waals surface area contributed by atoms with Crippen molar-refractivity contribution in [3.63, 3.8) is 0 Å². The first-order chi connectivity index (χ1) is 12.4. The third-order valence-corrected chi connectivity index (χ3v) is 4.55. The maximum atomic E-state index is 13.6. The highest BCUT2D eigenvalue weighted by molar-refractivity contribution is 6.33. The fraction of sp³-hybridized carbons (Fsp3) is 0.333. The Balaban J connectivity index is 1.75. The van der Waals surface area contributed by atoms with Gasteiger partial charge in [0.05, 0.1) is 6.61 Å². The summed E-state index contributed by atoms with van der Waals surface area (Å²) in [5.74, 6) is -3.06. The fourth-order valence-electron chi connectivity index (χ4n) is 2.75. The number of nitrogens with one attached hydrogen (secondary N) is 1. The summed E-state index contributed by atoms with van der Waals surface area (Å²) in [6.45, 7) is -0.663. The van der Waals surface area contributed by atoms with Crippen LogP contribution in [0.4, 0.5) is 13.6 Å². The summed E-state index contributed by atoms with van der Waals surface area (Å²) >= 11 is 6.26. The molecule has 8 heteroatoms. The maximum absolute atomic E-state index is 13.6. The number of benzene rings is 1. The highest BCUT2D eigenvalue weighted by atomic mass is 35.5. The van der Waals surface area contributed by atoms with E-state index in [1.165, 1.54) is 4.90 Å². The van der Waals surface area contributed by atoms with Crippen LogP contribution in [0.2, 0.25) is 5.02 Å². The molecule has 0 saturated carbocycles. The lowest BCUT2D eigenvalue weighted by molar-refractivity contribution is -0.0222. The highest BCUT2D eigenvalue weighted by Gasteiger charge is 2.46. The van der Waals surface area contributed by atoms with Crippen molar-refractivity contribution in [2.75, 3.05) is 20.3 Å². The van der Waals surface area contributed by atoms with Crippen LogP contribution in [0.25, 0.3) is 11.1 Å². The summed E-state index contributed by atoms with van der Waals surface area (Å²) in [4.78, 5) is 17.8. The van der Waals surface area contributed by atoms with Crippen LogP contribution in [0.15, 0.2) is 42.7 Å². The molecule has 5 nitrogen and oxygen atoms in total. The molecule has 0 unspecified atom stereocenters. The lowest BCUT2D eigenvalue weighted by atomic mass is 10.0. The number of ether oxygens (including phenoxy) is 1. The Hall–Kier alpha value is -2.25. The van der Waals surface area contributed by atoms with Gasteiger partial charge >= 0.3 is 6.03 Å². The van der Waals surface area contributed by atoms with Crippen molar-refractivity contribution >= 4 is 17.6 Å². The minimum absolute atomic E-state index is 0.202. The third-order valence-electron chi connectivity index (χ3n) is 4.22. The first kappa shape index (κ1) is 18.5. The van der Waals surface area contributed by atoms with Gasteiger partial charge in [-0.25, -0.2) is 13.6 Å². The van der Waals surface area contributed by atoms with E-state index in [9.17, 15) is 13.6 Å². The number of nitrogens with zero attached hydrogens (tertiary/aromatic N) is 2. The number of urea groups is 1. The molecule has 1 N–H and O–H groups in total. The maximum Gasteiger partial charge on any atom is 0.317 e. The van der Waals surface area contributed by atoms with Crippen LogP contribution >= 0.6 is 11.6 Å². The second-order valence-corrected chi connectivity index (χ2v) is 6.55. The number of carbonyl (C=O) groups is 1. The molecule has 0 spiro atoms. The van der Waals surface area contributed by atoms with Gasteiger partial charge in [-0.05, 0) is 17.7 Å². The van der Waals surface area contributed by atoms with Crippen molar-refractivity contribution in [2.45, 2.75) is 18.5 Å². The Morgan fingerprint density at radius 2 is 2.15 bits per heavy atom. The molecule has 2 amide bonds. The summed E-state index contributed by atoms with van der Waals surface area (Å²) in [5, 5.41) is 2.90. The van der Waals surface area contributed by atoms with Gasteiger partial charge in [0.1, 0.15) is 12.6 Å². The second kappa shape index (κ2) is 7.55. The Kier molecular flexibility index (Phi) is 5.38. The molecular formula is C18H18ClF2N3O2. The predicted molar refractivity (Wildman–Crippen MR) is 94.2 cm³/mol. The Morgan fingerprint density at radius 3 is 2.85 bits per heavy atom. The first-order valence-corrected chi connectivity index (χ1v) is 8.41. The molecule has 26 heavy (non-hydrogen) atoms. The third kappa shape index (κ3) is 3.94. The van der Waals surface area contributed by atoms with Crippen LogP contribution in [-0.2, 0) is 11.3 Å². The quantitative estimate of drug-likeness (QED) is 0.880. The average Bonchev–Trinajstić information content (AvgIpc) is 2.94. The van der Waals surface area contributed by atoms with Gasteiger partial charge in [0.15, 0.2) is 0 Å². The second-order valence-electron chi connectivity index (χ2n) is 6.15. The monoisotopic (exact) mass is 381 g/mol. The van der Waals surface area contributed by atoms with E-state index < -0.39 is 24.6 Å². The van der Waals surface area contributed by atoms with Crippen molar-refractivity contribution in [3.05, 3.63) is 53.3 Å². The predicted octanol–water partition coefficient (Wildman–Crippen LogP) is 3.58.